The highest BCUT2D eigenvalue weighted by Crippen LogP contribution is 2.40. The van der Waals surface area contributed by atoms with Crippen molar-refractivity contribution in [3.63, 3.8) is 0 Å². The molecule has 0 saturated carbocycles. The lowest BCUT2D eigenvalue weighted by molar-refractivity contribution is -0.143. The minimum absolute atomic E-state index is 0.0842. The lowest BCUT2D eigenvalue weighted by Crippen LogP contribution is -2.15. The van der Waals surface area contributed by atoms with Gasteiger partial charge in [-0.2, -0.15) is 0 Å². The number of benzene rings is 1. The van der Waals surface area contributed by atoms with E-state index in [1.54, 1.807) is 11.8 Å². The van der Waals surface area contributed by atoms with E-state index in [1.807, 2.05) is 6.92 Å². The quantitative estimate of drug-likeness (QED) is 0.677. The van der Waals surface area contributed by atoms with Crippen LogP contribution in [0.3, 0.4) is 0 Å². The van der Waals surface area contributed by atoms with Gasteiger partial charge in [0.15, 0.2) is 0 Å². The molecule has 0 amide bonds. The molecule has 0 fully saturated rings. The molecular formula is C17H21NO2S. The molecule has 1 aliphatic rings. The van der Waals surface area contributed by atoms with E-state index in [0.717, 1.165) is 19.3 Å². The average Bonchev–Trinajstić information content (AvgIpc) is 2.87. The van der Waals surface area contributed by atoms with E-state index < -0.39 is 0 Å². The molecular weight excluding hydrogens is 282 g/mol. The van der Waals surface area contributed by atoms with E-state index in [0.29, 0.717) is 13.0 Å². The Morgan fingerprint density at radius 3 is 3.10 bits per heavy atom. The number of hydrogen-bond donors (Lipinski definition) is 1. The lowest BCUT2D eigenvalue weighted by Gasteiger charge is -2.21. The Labute approximate surface area is 129 Å². The predicted molar refractivity (Wildman–Crippen MR) is 87.0 cm³/mol. The summed E-state index contributed by atoms with van der Waals surface area (Å²) in [6.07, 6.45) is 5.90. The maximum atomic E-state index is 11.8. The molecule has 1 heterocycles. The number of hydrogen-bond acceptors (Lipinski definition) is 3. The molecule has 1 aromatic carbocycles. The van der Waals surface area contributed by atoms with Gasteiger partial charge >= 0.3 is 5.97 Å². The Morgan fingerprint density at radius 1 is 1.48 bits per heavy atom. The number of nitrogens with one attached hydrogen (secondary N) is 1. The summed E-state index contributed by atoms with van der Waals surface area (Å²) in [5, 5.41) is 1.32. The third-order valence-corrected chi connectivity index (χ3v) is 5.04. The number of aryl methyl sites for hydroxylation is 1. The molecule has 1 aromatic heterocycles. The largest absolute Gasteiger partial charge is 0.466 e. The van der Waals surface area contributed by atoms with Crippen LogP contribution in [0.5, 0.6) is 0 Å². The number of H-pyrrole nitrogens is 1. The first-order chi connectivity index (χ1) is 10.2. The van der Waals surface area contributed by atoms with Crippen LogP contribution < -0.4 is 0 Å². The molecule has 1 aliphatic carbocycles. The van der Waals surface area contributed by atoms with Gasteiger partial charge in [0.05, 0.1) is 18.5 Å². The van der Waals surface area contributed by atoms with Gasteiger partial charge in [-0.05, 0) is 44.1 Å². The van der Waals surface area contributed by atoms with Crippen molar-refractivity contribution in [3.8, 4) is 0 Å². The molecule has 3 rings (SSSR count). The number of carbonyl (C=O) groups is 1. The van der Waals surface area contributed by atoms with Gasteiger partial charge < -0.3 is 9.72 Å². The zero-order valence-electron chi connectivity index (χ0n) is 12.6. The Morgan fingerprint density at radius 2 is 2.33 bits per heavy atom. The van der Waals surface area contributed by atoms with Gasteiger partial charge in [0.1, 0.15) is 0 Å². The van der Waals surface area contributed by atoms with E-state index >= 15 is 0 Å². The Hall–Kier alpha value is -1.42. The van der Waals surface area contributed by atoms with Crippen LogP contribution in [0, 0.1) is 0 Å². The normalized spacial score (nSPS) is 17.7. The summed E-state index contributed by atoms with van der Waals surface area (Å²) in [7, 11) is 0. The third kappa shape index (κ3) is 2.69. The molecule has 1 unspecified atom stereocenters. The molecule has 1 N–H and O–H groups in total. The van der Waals surface area contributed by atoms with E-state index in [4.69, 9.17) is 4.74 Å². The number of para-hydroxylation sites is 1. The molecule has 21 heavy (non-hydrogen) atoms. The molecule has 0 spiro atoms. The Kier molecular flexibility index (Phi) is 4.24. The smallest absolute Gasteiger partial charge is 0.306 e. The molecule has 4 heteroatoms. The number of fused-ring (bicyclic) bond motifs is 3. The van der Waals surface area contributed by atoms with Crippen LogP contribution >= 0.6 is 11.8 Å². The van der Waals surface area contributed by atoms with Gasteiger partial charge in [0.2, 0.25) is 0 Å². The number of thioether (sulfide) groups is 1. The fourth-order valence-corrected chi connectivity index (χ4v) is 3.93. The lowest BCUT2D eigenvalue weighted by atomic mass is 9.85. The van der Waals surface area contributed by atoms with Gasteiger partial charge in [0.25, 0.3) is 0 Å². The topological polar surface area (TPSA) is 42.1 Å². The van der Waals surface area contributed by atoms with Crippen molar-refractivity contribution in [1.29, 1.82) is 0 Å². The second-order valence-corrected chi connectivity index (χ2v) is 6.35. The maximum Gasteiger partial charge on any atom is 0.306 e. The van der Waals surface area contributed by atoms with Crippen LogP contribution in [0.1, 0.15) is 43.4 Å². The fourth-order valence-electron chi connectivity index (χ4n) is 3.35. The van der Waals surface area contributed by atoms with Crippen molar-refractivity contribution in [2.75, 3.05) is 12.9 Å². The summed E-state index contributed by atoms with van der Waals surface area (Å²) in [5.74, 6) is 0.189. The van der Waals surface area contributed by atoms with E-state index in [2.05, 4.69) is 29.4 Å². The molecule has 0 radical (unpaired) electrons. The van der Waals surface area contributed by atoms with Crippen molar-refractivity contribution in [1.82, 2.24) is 4.98 Å². The second-order valence-electron chi connectivity index (χ2n) is 5.50. The van der Waals surface area contributed by atoms with Crippen LogP contribution in [0.4, 0.5) is 0 Å². The first-order valence-electron chi connectivity index (χ1n) is 7.57. The fraction of sp³-hybridized carbons (Fsp3) is 0.471. The SMILES string of the molecule is CCOC(=O)CC1CCCc2c1[nH]c1c(SC)cccc21. The molecule has 112 valence electrons. The average molecular weight is 303 g/mol. The van der Waals surface area contributed by atoms with E-state index in [-0.39, 0.29) is 11.9 Å². The van der Waals surface area contributed by atoms with Gasteiger partial charge in [-0.1, -0.05) is 12.1 Å². The van der Waals surface area contributed by atoms with Crippen LogP contribution in [0.15, 0.2) is 23.1 Å². The Bertz CT molecular complexity index is 662. The minimum Gasteiger partial charge on any atom is -0.466 e. The van der Waals surface area contributed by atoms with Gasteiger partial charge in [-0.3, -0.25) is 4.79 Å². The monoisotopic (exact) mass is 303 g/mol. The number of aromatic amines is 1. The van der Waals surface area contributed by atoms with Crippen LogP contribution in [0.25, 0.3) is 10.9 Å². The van der Waals surface area contributed by atoms with Crippen molar-refractivity contribution < 1.29 is 9.53 Å². The highest BCUT2D eigenvalue weighted by Gasteiger charge is 2.27. The highest BCUT2D eigenvalue weighted by atomic mass is 32.2. The summed E-state index contributed by atoms with van der Waals surface area (Å²) in [6.45, 7) is 2.32. The highest BCUT2D eigenvalue weighted by molar-refractivity contribution is 7.98. The molecule has 0 aliphatic heterocycles. The second kappa shape index (κ2) is 6.14. The molecule has 3 nitrogen and oxygen atoms in total. The van der Waals surface area contributed by atoms with E-state index in [1.165, 1.54) is 27.1 Å². The van der Waals surface area contributed by atoms with Gasteiger partial charge in [-0.25, -0.2) is 0 Å². The number of carbonyl (C=O) groups excluding carboxylic acids is 1. The van der Waals surface area contributed by atoms with Crippen LogP contribution in [0.2, 0.25) is 0 Å². The standard InChI is InChI=1S/C17H21NO2S/c1-3-20-15(19)10-11-6-4-7-12-13-8-5-9-14(21-2)17(13)18-16(11)12/h5,8-9,11,18H,3-4,6-7,10H2,1-2H3. The summed E-state index contributed by atoms with van der Waals surface area (Å²) < 4.78 is 5.12. The van der Waals surface area contributed by atoms with E-state index in [9.17, 15) is 4.79 Å². The number of ether oxygens (including phenoxy) is 1. The third-order valence-electron chi connectivity index (χ3n) is 4.26. The zero-order valence-corrected chi connectivity index (χ0v) is 13.4. The molecule has 0 bridgehead atoms. The van der Waals surface area contributed by atoms with Crippen molar-refractivity contribution in [2.24, 2.45) is 0 Å². The van der Waals surface area contributed by atoms with Crippen LogP contribution in [-0.4, -0.2) is 23.8 Å². The van der Waals surface area contributed by atoms with Gasteiger partial charge in [-0.15, -0.1) is 11.8 Å². The van der Waals surface area contributed by atoms with Gasteiger partial charge in [0, 0.05) is 21.9 Å². The Balaban J connectivity index is 1.99. The van der Waals surface area contributed by atoms with Crippen molar-refractivity contribution in [3.05, 3.63) is 29.5 Å². The first-order valence-corrected chi connectivity index (χ1v) is 8.80. The molecule has 1 atom stereocenters. The zero-order chi connectivity index (χ0) is 14.8. The minimum atomic E-state index is -0.0842. The summed E-state index contributed by atoms with van der Waals surface area (Å²) >= 11 is 1.76. The first kappa shape index (κ1) is 14.5. The number of esters is 1. The summed E-state index contributed by atoms with van der Waals surface area (Å²) in [6, 6.07) is 6.46. The summed E-state index contributed by atoms with van der Waals surface area (Å²) in [4.78, 5) is 16.7. The maximum absolute atomic E-state index is 11.8. The predicted octanol–water partition coefficient (Wildman–Crippen LogP) is 4.26. The number of aromatic nitrogens is 1. The number of rotatable bonds is 4. The summed E-state index contributed by atoms with van der Waals surface area (Å²) in [5.41, 5.74) is 3.89. The van der Waals surface area contributed by atoms with Crippen molar-refractivity contribution in [2.45, 2.75) is 43.4 Å². The molecule has 2 aromatic rings. The van der Waals surface area contributed by atoms with Crippen LogP contribution in [-0.2, 0) is 16.0 Å². The molecule has 0 saturated heterocycles. The van der Waals surface area contributed by atoms with Crippen molar-refractivity contribution >= 4 is 28.6 Å².